The van der Waals surface area contributed by atoms with E-state index in [2.05, 4.69) is 17.2 Å². The molecule has 0 fully saturated rings. The van der Waals surface area contributed by atoms with Crippen LogP contribution >= 0.6 is 0 Å². The van der Waals surface area contributed by atoms with Crippen LogP contribution in [0.4, 0.5) is 0 Å². The number of nitrogens with one attached hydrogen (secondary N) is 1. The summed E-state index contributed by atoms with van der Waals surface area (Å²) in [4.78, 5) is 16.0. The van der Waals surface area contributed by atoms with Crippen molar-refractivity contribution in [1.82, 2.24) is 14.9 Å². The van der Waals surface area contributed by atoms with Gasteiger partial charge in [-0.15, -0.1) is 0 Å². The number of hydrogen-bond donors (Lipinski definition) is 2. The average molecular weight is 267 g/mol. The van der Waals surface area contributed by atoms with E-state index in [1.165, 1.54) is 0 Å². The summed E-state index contributed by atoms with van der Waals surface area (Å²) in [5, 5.41) is 11.7. The van der Waals surface area contributed by atoms with Crippen LogP contribution in [0.2, 0.25) is 0 Å². The molecule has 1 amide bonds. The molecule has 0 saturated heterocycles. The van der Waals surface area contributed by atoms with Crippen molar-refractivity contribution in [1.29, 1.82) is 0 Å². The van der Waals surface area contributed by atoms with Gasteiger partial charge < -0.3 is 15.0 Å². The third-order valence-electron chi connectivity index (χ3n) is 3.19. The molecule has 108 valence electrons. The second-order valence-corrected chi connectivity index (χ2v) is 4.99. The van der Waals surface area contributed by atoms with Gasteiger partial charge in [0.1, 0.15) is 0 Å². The van der Waals surface area contributed by atoms with Crippen LogP contribution in [0.1, 0.15) is 52.0 Å². The maximum Gasteiger partial charge on any atom is 0.222 e. The van der Waals surface area contributed by atoms with Gasteiger partial charge in [-0.1, -0.05) is 13.3 Å². The molecule has 1 aromatic rings. The number of carbonyl (C=O) groups excluding carboxylic acids is 1. The summed E-state index contributed by atoms with van der Waals surface area (Å²) in [7, 11) is 0. The van der Waals surface area contributed by atoms with E-state index in [1.807, 2.05) is 17.7 Å². The lowest BCUT2D eigenvalue weighted by Gasteiger charge is -2.19. The number of aliphatic hydroxyl groups is 1. The topological polar surface area (TPSA) is 67.2 Å². The van der Waals surface area contributed by atoms with Gasteiger partial charge in [0.2, 0.25) is 5.91 Å². The van der Waals surface area contributed by atoms with Crippen molar-refractivity contribution < 1.29 is 9.90 Å². The summed E-state index contributed by atoms with van der Waals surface area (Å²) in [6.45, 7) is 4.26. The maximum atomic E-state index is 12.0. The van der Waals surface area contributed by atoms with Gasteiger partial charge in [0.05, 0.1) is 6.33 Å². The Labute approximate surface area is 115 Å². The first kappa shape index (κ1) is 15.7. The van der Waals surface area contributed by atoms with Crippen molar-refractivity contribution in [3.63, 3.8) is 0 Å². The molecular weight excluding hydrogens is 242 g/mol. The second-order valence-electron chi connectivity index (χ2n) is 4.99. The highest BCUT2D eigenvalue weighted by Gasteiger charge is 2.15. The molecule has 5 heteroatoms. The molecule has 2 atom stereocenters. The zero-order valence-electron chi connectivity index (χ0n) is 11.9. The first-order chi connectivity index (χ1) is 9.17. The highest BCUT2D eigenvalue weighted by Crippen LogP contribution is 2.17. The largest absolute Gasteiger partial charge is 0.396 e. The Morgan fingerprint density at radius 3 is 2.84 bits per heavy atom. The van der Waals surface area contributed by atoms with Crippen molar-refractivity contribution in [2.24, 2.45) is 0 Å². The molecule has 5 nitrogen and oxygen atoms in total. The molecule has 0 aliphatic carbocycles. The van der Waals surface area contributed by atoms with Crippen molar-refractivity contribution in [3.8, 4) is 0 Å². The van der Waals surface area contributed by atoms with Crippen LogP contribution in [0.5, 0.6) is 0 Å². The minimum absolute atomic E-state index is 0.0672. The van der Waals surface area contributed by atoms with E-state index in [-0.39, 0.29) is 24.6 Å². The molecule has 2 unspecified atom stereocenters. The maximum absolute atomic E-state index is 12.0. The number of rotatable bonds is 9. The van der Waals surface area contributed by atoms with Gasteiger partial charge in [0.25, 0.3) is 0 Å². The van der Waals surface area contributed by atoms with E-state index in [0.717, 1.165) is 25.7 Å². The van der Waals surface area contributed by atoms with Crippen LogP contribution in [0, 0.1) is 0 Å². The lowest BCUT2D eigenvalue weighted by atomic mass is 10.1. The molecule has 0 aliphatic heterocycles. The van der Waals surface area contributed by atoms with E-state index >= 15 is 0 Å². The summed E-state index contributed by atoms with van der Waals surface area (Å²) in [5.74, 6) is 0.0672. The summed E-state index contributed by atoms with van der Waals surface area (Å²) in [6, 6.07) is 0.294. The Morgan fingerprint density at radius 2 is 2.26 bits per heavy atom. The predicted octanol–water partition coefficient (Wildman–Crippen LogP) is 1.89. The molecule has 2 N–H and O–H groups in total. The summed E-state index contributed by atoms with van der Waals surface area (Å²) in [6.07, 6.45) is 9.43. The number of carbonyl (C=O) groups is 1. The first-order valence-corrected chi connectivity index (χ1v) is 7.05. The quantitative estimate of drug-likeness (QED) is 0.718. The van der Waals surface area contributed by atoms with Crippen LogP contribution in [-0.2, 0) is 4.79 Å². The number of aliphatic hydroxyl groups excluding tert-OH is 1. The molecule has 1 aromatic heterocycles. The normalized spacial score (nSPS) is 14.1. The van der Waals surface area contributed by atoms with E-state index in [9.17, 15) is 4.79 Å². The van der Waals surface area contributed by atoms with E-state index in [1.54, 1.807) is 12.5 Å². The minimum Gasteiger partial charge on any atom is -0.396 e. The van der Waals surface area contributed by atoms with Crippen LogP contribution < -0.4 is 5.32 Å². The van der Waals surface area contributed by atoms with E-state index < -0.39 is 0 Å². The van der Waals surface area contributed by atoms with Crippen LogP contribution in [0.25, 0.3) is 0 Å². The molecule has 1 heterocycles. The van der Waals surface area contributed by atoms with Crippen molar-refractivity contribution in [2.45, 2.75) is 58.0 Å². The summed E-state index contributed by atoms with van der Waals surface area (Å²) >= 11 is 0. The second kappa shape index (κ2) is 8.69. The molecule has 0 saturated carbocycles. The van der Waals surface area contributed by atoms with E-state index in [4.69, 9.17) is 5.11 Å². The van der Waals surface area contributed by atoms with Crippen LogP contribution in [0.15, 0.2) is 18.7 Å². The van der Waals surface area contributed by atoms with Crippen molar-refractivity contribution in [2.75, 3.05) is 6.61 Å². The zero-order valence-corrected chi connectivity index (χ0v) is 11.9. The molecule has 0 spiro atoms. The minimum atomic E-state index is 0.0672. The molecule has 19 heavy (non-hydrogen) atoms. The fraction of sp³-hybridized carbons (Fsp3) is 0.714. The Bertz CT molecular complexity index is 352. The molecule has 0 radical (unpaired) electrons. The monoisotopic (exact) mass is 267 g/mol. The van der Waals surface area contributed by atoms with Gasteiger partial charge in [0.15, 0.2) is 0 Å². The summed E-state index contributed by atoms with van der Waals surface area (Å²) in [5.41, 5.74) is 0. The van der Waals surface area contributed by atoms with Gasteiger partial charge in [-0.3, -0.25) is 4.79 Å². The lowest BCUT2D eigenvalue weighted by Crippen LogP contribution is -2.34. The number of imidazole rings is 1. The third-order valence-corrected chi connectivity index (χ3v) is 3.19. The zero-order chi connectivity index (χ0) is 14.1. The number of nitrogens with zero attached hydrogens (tertiary/aromatic N) is 2. The van der Waals surface area contributed by atoms with Gasteiger partial charge >= 0.3 is 0 Å². The van der Waals surface area contributed by atoms with Gasteiger partial charge in [-0.05, 0) is 26.2 Å². The predicted molar refractivity (Wildman–Crippen MR) is 74.7 cm³/mol. The van der Waals surface area contributed by atoms with Crippen LogP contribution in [-0.4, -0.2) is 33.2 Å². The summed E-state index contributed by atoms with van der Waals surface area (Å²) < 4.78 is 2.00. The van der Waals surface area contributed by atoms with Crippen molar-refractivity contribution in [3.05, 3.63) is 18.7 Å². The van der Waals surface area contributed by atoms with Crippen LogP contribution in [0.3, 0.4) is 0 Å². The van der Waals surface area contributed by atoms with Gasteiger partial charge in [0, 0.05) is 37.5 Å². The highest BCUT2D eigenvalue weighted by atomic mass is 16.3. The van der Waals surface area contributed by atoms with Crippen molar-refractivity contribution >= 4 is 5.91 Å². The smallest absolute Gasteiger partial charge is 0.222 e. The third kappa shape index (κ3) is 5.87. The number of hydrogen-bond acceptors (Lipinski definition) is 3. The first-order valence-electron chi connectivity index (χ1n) is 7.05. The SMILES string of the molecule is CCCC(CC(=O)NC(C)CCCO)n1ccnc1. The Morgan fingerprint density at radius 1 is 1.47 bits per heavy atom. The van der Waals surface area contributed by atoms with Gasteiger partial charge in [-0.25, -0.2) is 4.98 Å². The molecule has 0 aromatic carbocycles. The number of aromatic nitrogens is 2. The number of amides is 1. The Balaban J connectivity index is 2.43. The standard InChI is InChI=1S/C14H25N3O2/c1-3-5-13(17-8-7-15-11-17)10-14(19)16-12(2)6-4-9-18/h7-8,11-13,18H,3-6,9-10H2,1-2H3,(H,16,19). The lowest BCUT2D eigenvalue weighted by molar-refractivity contribution is -0.122. The highest BCUT2D eigenvalue weighted by molar-refractivity contribution is 5.76. The Hall–Kier alpha value is -1.36. The average Bonchev–Trinajstić information content (AvgIpc) is 2.89. The molecular formula is C14H25N3O2. The fourth-order valence-corrected chi connectivity index (χ4v) is 2.19. The molecule has 0 aliphatic rings. The van der Waals surface area contributed by atoms with E-state index in [0.29, 0.717) is 6.42 Å². The molecule has 0 bridgehead atoms. The fourth-order valence-electron chi connectivity index (χ4n) is 2.19. The molecule has 1 rings (SSSR count). The Kier molecular flexibility index (Phi) is 7.18. The van der Waals surface area contributed by atoms with Gasteiger partial charge in [-0.2, -0.15) is 0 Å².